The van der Waals surface area contributed by atoms with Crippen LogP contribution in [0.25, 0.3) is 5.65 Å². The van der Waals surface area contributed by atoms with Gasteiger partial charge in [-0.15, -0.1) is 0 Å². The topological polar surface area (TPSA) is 59.5 Å². The Labute approximate surface area is 136 Å². The van der Waals surface area contributed by atoms with Crippen molar-refractivity contribution in [1.29, 1.82) is 0 Å². The lowest BCUT2D eigenvalue weighted by atomic mass is 10.2. The Balaban J connectivity index is 1.99. The van der Waals surface area contributed by atoms with Crippen LogP contribution in [0.1, 0.15) is 34.4 Å². The van der Waals surface area contributed by atoms with Gasteiger partial charge in [-0.2, -0.15) is 0 Å². The highest BCUT2D eigenvalue weighted by Crippen LogP contribution is 2.23. The van der Waals surface area contributed by atoms with Crippen LogP contribution in [0.15, 0.2) is 39.5 Å². The minimum Gasteiger partial charge on any atom is -0.467 e. The first kappa shape index (κ1) is 14.8. The molecule has 0 aliphatic heterocycles. The van der Waals surface area contributed by atoms with Crippen molar-refractivity contribution in [3.05, 3.63) is 57.8 Å². The molecule has 0 unspecified atom stereocenters. The zero-order valence-electron chi connectivity index (χ0n) is 12.4. The molecule has 22 heavy (non-hydrogen) atoms. The molecule has 0 radical (unpaired) electrons. The van der Waals surface area contributed by atoms with Crippen LogP contribution in [-0.4, -0.2) is 15.3 Å². The number of rotatable bonds is 4. The number of pyridine rings is 1. The Hall–Kier alpha value is -2.08. The van der Waals surface area contributed by atoms with E-state index >= 15 is 0 Å². The fourth-order valence-corrected chi connectivity index (χ4v) is 3.07. The summed E-state index contributed by atoms with van der Waals surface area (Å²) in [4.78, 5) is 17.2. The lowest BCUT2D eigenvalue weighted by Crippen LogP contribution is -2.25. The molecule has 0 aromatic carbocycles. The first-order chi connectivity index (χ1) is 10.6. The Morgan fingerprint density at radius 3 is 3.00 bits per heavy atom. The lowest BCUT2D eigenvalue weighted by Gasteiger charge is -2.06. The number of fused-ring (bicyclic) bond motifs is 1. The summed E-state index contributed by atoms with van der Waals surface area (Å²) in [5, 5.41) is 2.88. The van der Waals surface area contributed by atoms with Gasteiger partial charge in [0.2, 0.25) is 0 Å². The van der Waals surface area contributed by atoms with E-state index in [2.05, 4.69) is 26.2 Å². The number of halogens is 1. The number of carbonyl (C=O) groups excluding carboxylic acids is 1. The van der Waals surface area contributed by atoms with E-state index in [1.54, 1.807) is 12.3 Å². The van der Waals surface area contributed by atoms with Crippen molar-refractivity contribution >= 4 is 27.5 Å². The molecule has 6 heteroatoms. The summed E-state index contributed by atoms with van der Waals surface area (Å²) in [6.07, 6.45) is 4.21. The van der Waals surface area contributed by atoms with Crippen molar-refractivity contribution in [1.82, 2.24) is 14.7 Å². The van der Waals surface area contributed by atoms with Crippen molar-refractivity contribution < 1.29 is 9.21 Å². The highest BCUT2D eigenvalue weighted by molar-refractivity contribution is 9.10. The van der Waals surface area contributed by atoms with Crippen LogP contribution >= 0.6 is 15.9 Å². The smallest absolute Gasteiger partial charge is 0.270 e. The number of furan rings is 1. The normalized spacial score (nSPS) is 11.0. The lowest BCUT2D eigenvalue weighted by molar-refractivity contribution is 0.0941. The van der Waals surface area contributed by atoms with Gasteiger partial charge in [0.05, 0.1) is 23.0 Å². The number of amides is 1. The van der Waals surface area contributed by atoms with Crippen LogP contribution in [0, 0.1) is 6.92 Å². The first-order valence-corrected chi connectivity index (χ1v) is 7.87. The van der Waals surface area contributed by atoms with E-state index in [0.717, 1.165) is 27.1 Å². The summed E-state index contributed by atoms with van der Waals surface area (Å²) >= 11 is 3.51. The van der Waals surface area contributed by atoms with E-state index in [-0.39, 0.29) is 5.91 Å². The molecular weight excluding hydrogens is 346 g/mol. The van der Waals surface area contributed by atoms with Crippen molar-refractivity contribution in [2.24, 2.45) is 0 Å². The molecule has 1 N–H and O–H groups in total. The molecule has 0 aliphatic rings. The van der Waals surface area contributed by atoms with Crippen LogP contribution in [0.3, 0.4) is 0 Å². The van der Waals surface area contributed by atoms with Crippen molar-refractivity contribution in [2.75, 3.05) is 0 Å². The van der Waals surface area contributed by atoms with E-state index in [1.165, 1.54) is 0 Å². The van der Waals surface area contributed by atoms with Crippen LogP contribution < -0.4 is 5.32 Å². The van der Waals surface area contributed by atoms with Gasteiger partial charge in [-0.3, -0.25) is 9.20 Å². The summed E-state index contributed by atoms with van der Waals surface area (Å²) in [7, 11) is 0. The average molecular weight is 362 g/mol. The van der Waals surface area contributed by atoms with Gasteiger partial charge in [-0.1, -0.05) is 6.92 Å². The molecule has 0 atom stereocenters. The van der Waals surface area contributed by atoms with Gasteiger partial charge in [0.1, 0.15) is 11.5 Å². The number of hydrogen-bond acceptors (Lipinski definition) is 3. The first-order valence-electron chi connectivity index (χ1n) is 7.07. The van der Waals surface area contributed by atoms with Gasteiger partial charge >= 0.3 is 0 Å². The van der Waals surface area contributed by atoms with Crippen LogP contribution in [0.5, 0.6) is 0 Å². The molecule has 0 bridgehead atoms. The molecule has 3 aromatic heterocycles. The second-order valence-electron chi connectivity index (χ2n) is 5.08. The molecule has 1 amide bonds. The number of aromatic nitrogens is 2. The van der Waals surface area contributed by atoms with E-state index in [9.17, 15) is 4.79 Å². The summed E-state index contributed by atoms with van der Waals surface area (Å²) in [6.45, 7) is 4.33. The van der Waals surface area contributed by atoms with Crippen molar-refractivity contribution in [3.63, 3.8) is 0 Å². The monoisotopic (exact) mass is 361 g/mol. The van der Waals surface area contributed by atoms with Crippen molar-refractivity contribution in [2.45, 2.75) is 26.8 Å². The molecular formula is C16H16BrN3O2. The highest BCUT2D eigenvalue weighted by Gasteiger charge is 2.19. The molecule has 0 saturated carbocycles. The largest absolute Gasteiger partial charge is 0.467 e. The standard InChI is InChI=1S/C16H16BrN3O2/c1-3-13-14(16(21)18-8-11-5-4-6-22-11)20-9-10(2)7-12(17)15(20)19-13/h4-7,9H,3,8H2,1-2H3,(H,18,21). The third-order valence-corrected chi connectivity index (χ3v) is 4.02. The summed E-state index contributed by atoms with van der Waals surface area (Å²) in [6, 6.07) is 5.62. The van der Waals surface area contributed by atoms with E-state index in [0.29, 0.717) is 18.7 Å². The van der Waals surface area contributed by atoms with Gasteiger partial charge in [-0.25, -0.2) is 4.98 Å². The molecule has 5 nitrogen and oxygen atoms in total. The SMILES string of the molecule is CCc1nc2c(Br)cc(C)cn2c1C(=O)NCc1ccco1. The number of nitrogens with zero attached hydrogens (tertiary/aromatic N) is 2. The number of hydrogen-bond donors (Lipinski definition) is 1. The van der Waals surface area contributed by atoms with E-state index in [4.69, 9.17) is 4.42 Å². The zero-order chi connectivity index (χ0) is 15.7. The predicted molar refractivity (Wildman–Crippen MR) is 86.9 cm³/mol. The quantitative estimate of drug-likeness (QED) is 0.773. The number of carbonyl (C=O) groups is 1. The van der Waals surface area contributed by atoms with E-state index < -0.39 is 0 Å². The Bertz CT molecular complexity index is 822. The molecule has 0 spiro atoms. The predicted octanol–water partition coefficient (Wildman–Crippen LogP) is 3.49. The average Bonchev–Trinajstić information content (AvgIpc) is 3.11. The molecule has 0 saturated heterocycles. The summed E-state index contributed by atoms with van der Waals surface area (Å²) in [5.74, 6) is 0.566. The van der Waals surface area contributed by atoms with Gasteiger partial charge in [0.25, 0.3) is 5.91 Å². The van der Waals surface area contributed by atoms with E-state index in [1.807, 2.05) is 36.6 Å². The van der Waals surface area contributed by atoms with Gasteiger partial charge in [0, 0.05) is 6.20 Å². The molecule has 0 fully saturated rings. The highest BCUT2D eigenvalue weighted by atomic mass is 79.9. The third-order valence-electron chi connectivity index (χ3n) is 3.44. The maximum absolute atomic E-state index is 12.6. The fourth-order valence-electron chi connectivity index (χ4n) is 2.43. The molecule has 114 valence electrons. The summed E-state index contributed by atoms with van der Waals surface area (Å²) < 4.78 is 7.96. The van der Waals surface area contributed by atoms with Crippen LogP contribution in [0.4, 0.5) is 0 Å². The Morgan fingerprint density at radius 1 is 1.50 bits per heavy atom. The van der Waals surface area contributed by atoms with Crippen LogP contribution in [0.2, 0.25) is 0 Å². The molecule has 0 aliphatic carbocycles. The second kappa shape index (κ2) is 5.96. The van der Waals surface area contributed by atoms with Gasteiger partial charge < -0.3 is 9.73 Å². The number of nitrogens with one attached hydrogen (secondary N) is 1. The summed E-state index contributed by atoms with van der Waals surface area (Å²) in [5.41, 5.74) is 3.17. The minimum absolute atomic E-state index is 0.154. The molecule has 3 aromatic rings. The maximum atomic E-state index is 12.6. The minimum atomic E-state index is -0.154. The molecule has 3 rings (SSSR count). The van der Waals surface area contributed by atoms with Crippen LogP contribution in [-0.2, 0) is 13.0 Å². The number of imidazole rings is 1. The fraction of sp³-hybridized carbons (Fsp3) is 0.250. The zero-order valence-corrected chi connectivity index (χ0v) is 14.0. The molecule has 3 heterocycles. The Kier molecular flexibility index (Phi) is 4.02. The van der Waals surface area contributed by atoms with Gasteiger partial charge in [0.15, 0.2) is 5.65 Å². The number of aryl methyl sites for hydroxylation is 2. The third kappa shape index (κ3) is 2.66. The van der Waals surface area contributed by atoms with Crippen molar-refractivity contribution in [3.8, 4) is 0 Å². The maximum Gasteiger partial charge on any atom is 0.270 e. The second-order valence-corrected chi connectivity index (χ2v) is 5.94. The van der Waals surface area contributed by atoms with Gasteiger partial charge in [-0.05, 0) is 53.0 Å². The Morgan fingerprint density at radius 2 is 2.32 bits per heavy atom.